The highest BCUT2D eigenvalue weighted by molar-refractivity contribution is 5.29. The smallest absolute Gasteiger partial charge is 0.330 e. The zero-order valence-corrected chi connectivity index (χ0v) is 9.87. The van der Waals surface area contributed by atoms with Crippen molar-refractivity contribution < 1.29 is 14.9 Å². The minimum absolute atomic E-state index is 0.0538. The molecule has 2 heterocycles. The van der Waals surface area contributed by atoms with Gasteiger partial charge >= 0.3 is 5.69 Å². The average Bonchev–Trinajstić information content (AvgIpc) is 2.86. The fourth-order valence-electron chi connectivity index (χ4n) is 1.65. The maximum absolute atomic E-state index is 11.7. The van der Waals surface area contributed by atoms with Gasteiger partial charge in [-0.15, -0.1) is 0 Å². The number of aliphatic hydroxyl groups is 2. The Morgan fingerprint density at radius 3 is 2.79 bits per heavy atom. The maximum Gasteiger partial charge on any atom is 0.330 e. The first-order valence-electron chi connectivity index (χ1n) is 5.55. The van der Waals surface area contributed by atoms with Crippen LogP contribution < -0.4 is 11.2 Å². The molecule has 0 aliphatic carbocycles. The second-order valence-electron chi connectivity index (χ2n) is 3.80. The normalized spacial score (nSPS) is 21.2. The van der Waals surface area contributed by atoms with Gasteiger partial charge < -0.3 is 14.9 Å². The van der Waals surface area contributed by atoms with E-state index < -0.39 is 23.6 Å². The van der Waals surface area contributed by atoms with E-state index in [1.165, 1.54) is 6.20 Å². The van der Waals surface area contributed by atoms with Crippen LogP contribution in [0.3, 0.4) is 0 Å². The van der Waals surface area contributed by atoms with Gasteiger partial charge in [-0.3, -0.25) is 14.3 Å². The number of hydrogen-bond donors (Lipinski definition) is 3. The van der Waals surface area contributed by atoms with Gasteiger partial charge in [0.25, 0.3) is 5.56 Å². The monoisotopic (exact) mass is 264 g/mol. The van der Waals surface area contributed by atoms with Crippen LogP contribution in [0.4, 0.5) is 0 Å². The molecule has 1 aliphatic heterocycles. The van der Waals surface area contributed by atoms with Gasteiger partial charge in [-0.2, -0.15) is 0 Å². The predicted octanol–water partition coefficient (Wildman–Crippen LogP) is -1.67. The molecule has 0 radical (unpaired) electrons. The molecule has 0 spiro atoms. The number of hydrogen-bond acceptors (Lipinski definition) is 5. The number of nitrogens with zero attached hydrogens (tertiary/aromatic N) is 1. The SMILES string of the molecule is O=c1[nH]c(=O)n([C@H]2C=C[C@@H](CO)O2)cc1C#CCO. The van der Waals surface area contributed by atoms with E-state index in [-0.39, 0.29) is 18.8 Å². The molecular formula is C12H12N2O5. The summed E-state index contributed by atoms with van der Waals surface area (Å²) in [5, 5.41) is 17.5. The van der Waals surface area contributed by atoms with E-state index in [0.717, 1.165) is 4.57 Å². The van der Waals surface area contributed by atoms with Crippen molar-refractivity contribution in [2.75, 3.05) is 13.2 Å². The van der Waals surface area contributed by atoms with Crippen molar-refractivity contribution in [1.29, 1.82) is 0 Å². The number of nitrogens with one attached hydrogen (secondary N) is 1. The van der Waals surface area contributed by atoms with Crippen molar-refractivity contribution in [2.24, 2.45) is 0 Å². The van der Waals surface area contributed by atoms with Crippen LogP contribution in [0.1, 0.15) is 11.8 Å². The lowest BCUT2D eigenvalue weighted by molar-refractivity contribution is -0.0103. The van der Waals surface area contributed by atoms with Crippen LogP contribution in [0.2, 0.25) is 0 Å². The van der Waals surface area contributed by atoms with Crippen molar-refractivity contribution in [1.82, 2.24) is 9.55 Å². The molecule has 0 unspecified atom stereocenters. The quantitative estimate of drug-likeness (QED) is 0.437. The molecule has 1 aromatic heterocycles. The number of aromatic amines is 1. The standard InChI is InChI=1S/C12H12N2O5/c15-5-1-2-8-6-14(12(18)13-11(8)17)10-4-3-9(7-16)19-10/h3-4,6,9-10,15-16H,5,7H2,(H,13,17,18)/t9-,10+/m0/s1. The molecule has 0 saturated heterocycles. The first-order chi connectivity index (χ1) is 9.15. The van der Waals surface area contributed by atoms with Gasteiger partial charge in [0.2, 0.25) is 0 Å². The number of ether oxygens (including phenoxy) is 1. The zero-order chi connectivity index (χ0) is 13.8. The lowest BCUT2D eigenvalue weighted by Gasteiger charge is -2.14. The molecule has 2 atom stereocenters. The van der Waals surface area contributed by atoms with Crippen LogP contribution in [0.15, 0.2) is 27.9 Å². The Morgan fingerprint density at radius 1 is 1.37 bits per heavy atom. The number of aliphatic hydroxyl groups excluding tert-OH is 2. The van der Waals surface area contributed by atoms with Gasteiger partial charge in [-0.25, -0.2) is 4.79 Å². The highest BCUT2D eigenvalue weighted by Gasteiger charge is 2.21. The highest BCUT2D eigenvalue weighted by Crippen LogP contribution is 2.18. The number of rotatable bonds is 2. The number of aromatic nitrogens is 2. The van der Waals surface area contributed by atoms with E-state index in [4.69, 9.17) is 14.9 Å². The van der Waals surface area contributed by atoms with Gasteiger partial charge in [0, 0.05) is 6.20 Å². The van der Waals surface area contributed by atoms with Gasteiger partial charge in [-0.05, 0) is 6.08 Å². The third-order valence-electron chi connectivity index (χ3n) is 2.53. The Labute approximate surface area is 107 Å². The van der Waals surface area contributed by atoms with Crippen molar-refractivity contribution in [3.8, 4) is 11.8 Å². The molecule has 0 saturated carbocycles. The van der Waals surface area contributed by atoms with Crippen LogP contribution in [-0.4, -0.2) is 39.1 Å². The van der Waals surface area contributed by atoms with Crippen LogP contribution in [-0.2, 0) is 4.74 Å². The molecule has 1 aromatic rings. The first kappa shape index (κ1) is 13.3. The Hall–Kier alpha value is -2.14. The first-order valence-corrected chi connectivity index (χ1v) is 5.55. The van der Waals surface area contributed by atoms with Gasteiger partial charge in [0.15, 0.2) is 6.23 Å². The molecular weight excluding hydrogens is 252 g/mol. The molecule has 3 N–H and O–H groups in total. The zero-order valence-electron chi connectivity index (χ0n) is 9.87. The van der Waals surface area contributed by atoms with Crippen LogP contribution in [0.5, 0.6) is 0 Å². The predicted molar refractivity (Wildman–Crippen MR) is 65.4 cm³/mol. The second kappa shape index (κ2) is 5.67. The summed E-state index contributed by atoms with van der Waals surface area (Å²) in [4.78, 5) is 25.3. The van der Waals surface area contributed by atoms with Crippen LogP contribution in [0.25, 0.3) is 0 Å². The molecule has 0 fully saturated rings. The Morgan fingerprint density at radius 2 is 2.16 bits per heavy atom. The summed E-state index contributed by atoms with van der Waals surface area (Å²) in [5.41, 5.74) is -1.20. The molecule has 0 amide bonds. The van der Waals surface area contributed by atoms with Crippen LogP contribution in [0, 0.1) is 11.8 Å². The summed E-state index contributed by atoms with van der Waals surface area (Å²) in [6.45, 7) is -0.576. The van der Waals surface area contributed by atoms with E-state index in [9.17, 15) is 9.59 Å². The largest absolute Gasteiger partial charge is 0.393 e. The maximum atomic E-state index is 11.7. The third-order valence-corrected chi connectivity index (χ3v) is 2.53. The second-order valence-corrected chi connectivity index (χ2v) is 3.80. The molecule has 7 heteroatoms. The lowest BCUT2D eigenvalue weighted by Crippen LogP contribution is -2.33. The highest BCUT2D eigenvalue weighted by atomic mass is 16.5. The van der Waals surface area contributed by atoms with Gasteiger partial charge in [0.05, 0.1) is 6.61 Å². The van der Waals surface area contributed by atoms with E-state index in [1.807, 2.05) is 0 Å². The van der Waals surface area contributed by atoms with Crippen LogP contribution >= 0.6 is 0 Å². The Balaban J connectivity index is 2.39. The summed E-state index contributed by atoms with van der Waals surface area (Å²) >= 11 is 0. The fraction of sp³-hybridized carbons (Fsp3) is 0.333. The number of H-pyrrole nitrogens is 1. The lowest BCUT2D eigenvalue weighted by atomic mass is 10.3. The van der Waals surface area contributed by atoms with Gasteiger partial charge in [0.1, 0.15) is 18.3 Å². The molecule has 100 valence electrons. The van der Waals surface area contributed by atoms with Crippen molar-refractivity contribution in [2.45, 2.75) is 12.3 Å². The topological polar surface area (TPSA) is 105 Å². The molecule has 0 aromatic carbocycles. The summed E-state index contributed by atoms with van der Waals surface area (Å²) in [6, 6.07) is 0. The summed E-state index contributed by atoms with van der Waals surface area (Å²) in [7, 11) is 0. The Bertz CT molecular complexity index is 661. The van der Waals surface area contributed by atoms with Gasteiger partial charge in [-0.1, -0.05) is 17.9 Å². The minimum atomic E-state index is -0.698. The third kappa shape index (κ3) is 2.82. The molecule has 1 aliphatic rings. The molecule has 2 rings (SSSR count). The van der Waals surface area contributed by atoms with Crippen molar-refractivity contribution in [3.05, 3.63) is 44.8 Å². The molecule has 19 heavy (non-hydrogen) atoms. The van der Waals surface area contributed by atoms with Crippen molar-refractivity contribution >= 4 is 0 Å². The van der Waals surface area contributed by atoms with E-state index in [1.54, 1.807) is 12.2 Å². The summed E-state index contributed by atoms with van der Waals surface area (Å²) < 4.78 is 6.52. The fourth-order valence-corrected chi connectivity index (χ4v) is 1.65. The van der Waals surface area contributed by atoms with E-state index in [0.29, 0.717) is 0 Å². The minimum Gasteiger partial charge on any atom is -0.393 e. The molecule has 0 bridgehead atoms. The van der Waals surface area contributed by atoms with Crippen molar-refractivity contribution in [3.63, 3.8) is 0 Å². The van der Waals surface area contributed by atoms with E-state index in [2.05, 4.69) is 16.8 Å². The summed E-state index contributed by atoms with van der Waals surface area (Å²) in [6.07, 6.45) is 3.32. The molecule has 7 nitrogen and oxygen atoms in total. The average molecular weight is 264 g/mol. The Kier molecular flexibility index (Phi) is 3.97. The van der Waals surface area contributed by atoms with E-state index >= 15 is 0 Å². The summed E-state index contributed by atoms with van der Waals surface area (Å²) in [5.74, 6) is 4.78.